The molecule has 0 bridgehead atoms. The number of fused-ring (bicyclic) bond motifs is 1. The summed E-state index contributed by atoms with van der Waals surface area (Å²) in [5.41, 5.74) is 9.34. The number of carbonyl (C=O) groups is 1. The molecule has 1 aliphatic rings. The van der Waals surface area contributed by atoms with Crippen LogP contribution in [0.25, 0.3) is 10.4 Å². The van der Waals surface area contributed by atoms with Crippen LogP contribution >= 0.6 is 0 Å². The smallest absolute Gasteiger partial charge is 0.262 e. The van der Waals surface area contributed by atoms with Crippen LogP contribution in [0.3, 0.4) is 0 Å². The van der Waals surface area contributed by atoms with E-state index in [2.05, 4.69) is 15.3 Å². The number of benzene rings is 1. The summed E-state index contributed by atoms with van der Waals surface area (Å²) in [5, 5.41) is 15.9. The predicted octanol–water partition coefficient (Wildman–Crippen LogP) is 1.75. The van der Waals surface area contributed by atoms with Gasteiger partial charge in [-0.25, -0.2) is 0 Å². The summed E-state index contributed by atoms with van der Waals surface area (Å²) in [6.45, 7) is 0.226. The van der Waals surface area contributed by atoms with Crippen LogP contribution in [0, 0.1) is 0 Å². The highest BCUT2D eigenvalue weighted by atomic mass is 16.5. The van der Waals surface area contributed by atoms with Gasteiger partial charge in [0.15, 0.2) is 6.61 Å². The average molecular weight is 248 g/mol. The Kier molecular flexibility index (Phi) is 3.66. The lowest BCUT2D eigenvalue weighted by atomic mass is 10.1. The molecule has 94 valence electrons. The number of amides is 1. The van der Waals surface area contributed by atoms with E-state index in [1.807, 2.05) is 0 Å². The van der Waals surface area contributed by atoms with Gasteiger partial charge in [0.1, 0.15) is 5.75 Å². The van der Waals surface area contributed by atoms with Gasteiger partial charge in [-0.3, -0.25) is 4.79 Å². The minimum absolute atomic E-state index is 0.00574. The van der Waals surface area contributed by atoms with Gasteiger partial charge in [-0.05, 0) is 29.6 Å². The molecule has 0 saturated carbocycles. The minimum Gasteiger partial charge on any atom is -0.482 e. The number of ether oxygens (including phenoxy) is 1. The van der Waals surface area contributed by atoms with Crippen molar-refractivity contribution in [1.82, 2.24) is 0 Å². The molecule has 0 saturated heterocycles. The molecule has 1 aromatic rings. The second-order valence-corrected chi connectivity index (χ2v) is 3.85. The molecular weight excluding hydrogens is 236 g/mol. The Hall–Kier alpha value is -2.24. The maximum atomic E-state index is 11.2. The Morgan fingerprint density at radius 3 is 3.22 bits per heavy atom. The lowest BCUT2D eigenvalue weighted by Crippen LogP contribution is -2.25. The fraction of sp³-hybridized carbons (Fsp3) is 0.364. The van der Waals surface area contributed by atoms with Crippen molar-refractivity contribution in [2.24, 2.45) is 5.11 Å². The third-order valence-electron chi connectivity index (χ3n) is 2.59. The zero-order valence-electron chi connectivity index (χ0n) is 9.54. The Labute approximate surface area is 103 Å². The molecule has 1 amide bonds. The highest BCUT2D eigenvalue weighted by Gasteiger charge is 2.17. The van der Waals surface area contributed by atoms with Crippen molar-refractivity contribution in [2.45, 2.75) is 12.5 Å². The van der Waals surface area contributed by atoms with Crippen LogP contribution in [0.4, 0.5) is 5.69 Å². The number of aliphatic hydroxyl groups is 1. The van der Waals surface area contributed by atoms with E-state index in [4.69, 9.17) is 10.3 Å². The number of rotatable bonds is 4. The Bertz CT molecular complexity index is 511. The zero-order valence-corrected chi connectivity index (χ0v) is 9.54. The van der Waals surface area contributed by atoms with E-state index in [1.165, 1.54) is 0 Å². The molecule has 1 unspecified atom stereocenters. The fourth-order valence-electron chi connectivity index (χ4n) is 1.70. The molecule has 18 heavy (non-hydrogen) atoms. The van der Waals surface area contributed by atoms with E-state index >= 15 is 0 Å². The van der Waals surface area contributed by atoms with Gasteiger partial charge < -0.3 is 15.2 Å². The molecule has 2 N–H and O–H groups in total. The van der Waals surface area contributed by atoms with Gasteiger partial charge in [0.25, 0.3) is 5.91 Å². The van der Waals surface area contributed by atoms with E-state index in [-0.39, 0.29) is 19.1 Å². The van der Waals surface area contributed by atoms with Gasteiger partial charge in [0, 0.05) is 11.5 Å². The number of carbonyl (C=O) groups excluding carboxylic acids is 1. The SMILES string of the molecule is [N-]=[N+]=NCCC(O)c1ccc2c(c1)NC(=O)CO2. The summed E-state index contributed by atoms with van der Waals surface area (Å²) in [7, 11) is 0. The molecule has 0 radical (unpaired) electrons. The summed E-state index contributed by atoms with van der Waals surface area (Å²) in [4.78, 5) is 13.8. The Balaban J connectivity index is 2.12. The number of nitrogens with zero attached hydrogens (tertiary/aromatic N) is 3. The zero-order chi connectivity index (χ0) is 13.0. The van der Waals surface area contributed by atoms with Crippen LogP contribution in [-0.2, 0) is 4.79 Å². The largest absolute Gasteiger partial charge is 0.482 e. The highest BCUT2D eigenvalue weighted by molar-refractivity contribution is 5.95. The molecule has 7 nitrogen and oxygen atoms in total. The first kappa shape index (κ1) is 12.2. The molecule has 1 aliphatic heterocycles. The van der Waals surface area contributed by atoms with Crippen LogP contribution in [0.15, 0.2) is 23.3 Å². The summed E-state index contributed by atoms with van der Waals surface area (Å²) < 4.78 is 5.21. The average Bonchev–Trinajstić information content (AvgIpc) is 2.38. The third-order valence-corrected chi connectivity index (χ3v) is 2.59. The normalized spacial score (nSPS) is 14.8. The lowest BCUT2D eigenvalue weighted by molar-refractivity contribution is -0.118. The van der Waals surface area contributed by atoms with Gasteiger partial charge in [-0.2, -0.15) is 0 Å². The number of azide groups is 1. The second kappa shape index (κ2) is 5.39. The van der Waals surface area contributed by atoms with Crippen LogP contribution in [0.5, 0.6) is 5.75 Å². The number of hydrogen-bond acceptors (Lipinski definition) is 4. The van der Waals surface area contributed by atoms with E-state index in [0.717, 1.165) is 0 Å². The number of nitrogens with one attached hydrogen (secondary N) is 1. The van der Waals surface area contributed by atoms with Crippen molar-refractivity contribution in [3.05, 3.63) is 34.2 Å². The van der Waals surface area contributed by atoms with E-state index in [9.17, 15) is 9.90 Å². The van der Waals surface area contributed by atoms with E-state index < -0.39 is 6.10 Å². The standard InChI is InChI=1S/C11H12N4O3/c12-15-13-4-3-9(16)7-1-2-10-8(5-7)14-11(17)6-18-10/h1-2,5,9,16H,3-4,6H2,(H,14,17). The van der Waals surface area contributed by atoms with Gasteiger partial charge in [0.05, 0.1) is 11.8 Å². The van der Waals surface area contributed by atoms with Gasteiger partial charge >= 0.3 is 0 Å². The Morgan fingerprint density at radius 1 is 1.61 bits per heavy atom. The molecule has 0 fully saturated rings. The second-order valence-electron chi connectivity index (χ2n) is 3.85. The molecule has 1 aromatic carbocycles. The van der Waals surface area contributed by atoms with Gasteiger partial charge in [-0.1, -0.05) is 11.2 Å². The van der Waals surface area contributed by atoms with Crippen molar-refractivity contribution in [1.29, 1.82) is 0 Å². The fourth-order valence-corrected chi connectivity index (χ4v) is 1.70. The first-order valence-electron chi connectivity index (χ1n) is 5.46. The topological polar surface area (TPSA) is 107 Å². The molecule has 2 rings (SSSR count). The summed E-state index contributed by atoms with van der Waals surface area (Å²) in [5.74, 6) is 0.365. The number of hydrogen-bond donors (Lipinski definition) is 2. The lowest BCUT2D eigenvalue weighted by Gasteiger charge is -2.19. The highest BCUT2D eigenvalue weighted by Crippen LogP contribution is 2.31. The maximum absolute atomic E-state index is 11.2. The third kappa shape index (κ3) is 2.71. The first-order valence-corrected chi connectivity index (χ1v) is 5.46. The minimum atomic E-state index is -0.736. The summed E-state index contributed by atoms with van der Waals surface area (Å²) in [6.07, 6.45) is -0.405. The number of aliphatic hydroxyl groups excluding tert-OH is 1. The summed E-state index contributed by atoms with van der Waals surface area (Å²) in [6, 6.07) is 5.07. The van der Waals surface area contributed by atoms with Crippen molar-refractivity contribution in [2.75, 3.05) is 18.5 Å². The van der Waals surface area contributed by atoms with Crippen LogP contribution in [0.2, 0.25) is 0 Å². The Morgan fingerprint density at radius 2 is 2.44 bits per heavy atom. The number of anilines is 1. The summed E-state index contributed by atoms with van der Waals surface area (Å²) >= 11 is 0. The van der Waals surface area contributed by atoms with Crippen LogP contribution in [0.1, 0.15) is 18.1 Å². The molecule has 1 atom stereocenters. The van der Waals surface area contributed by atoms with Crippen molar-refractivity contribution >= 4 is 11.6 Å². The molecule has 0 aromatic heterocycles. The van der Waals surface area contributed by atoms with Crippen molar-refractivity contribution < 1.29 is 14.6 Å². The van der Waals surface area contributed by atoms with E-state index in [1.54, 1.807) is 18.2 Å². The van der Waals surface area contributed by atoms with Gasteiger partial charge in [-0.15, -0.1) is 0 Å². The van der Waals surface area contributed by atoms with Gasteiger partial charge in [0.2, 0.25) is 0 Å². The predicted molar refractivity (Wildman–Crippen MR) is 64.2 cm³/mol. The monoisotopic (exact) mass is 248 g/mol. The molecule has 1 heterocycles. The quantitative estimate of drug-likeness (QED) is 0.481. The molecule has 0 spiro atoms. The molecule has 7 heteroatoms. The maximum Gasteiger partial charge on any atom is 0.262 e. The van der Waals surface area contributed by atoms with Crippen molar-refractivity contribution in [3.63, 3.8) is 0 Å². The van der Waals surface area contributed by atoms with Crippen LogP contribution in [-0.4, -0.2) is 24.2 Å². The van der Waals surface area contributed by atoms with Crippen LogP contribution < -0.4 is 10.1 Å². The van der Waals surface area contributed by atoms with E-state index in [0.29, 0.717) is 23.4 Å². The first-order chi connectivity index (χ1) is 8.70. The molecular formula is C11H12N4O3. The van der Waals surface area contributed by atoms with Crippen molar-refractivity contribution in [3.8, 4) is 5.75 Å². The molecule has 0 aliphatic carbocycles.